The van der Waals surface area contributed by atoms with Crippen molar-refractivity contribution in [3.8, 4) is 0 Å². The first kappa shape index (κ1) is 13.8. The summed E-state index contributed by atoms with van der Waals surface area (Å²) in [6, 6.07) is 9.63. The van der Waals surface area contributed by atoms with E-state index >= 15 is 0 Å². The lowest BCUT2D eigenvalue weighted by molar-refractivity contribution is 0.612. The van der Waals surface area contributed by atoms with E-state index in [1.165, 1.54) is 21.3 Å². The molecule has 1 heterocycles. The summed E-state index contributed by atoms with van der Waals surface area (Å²) in [5.41, 5.74) is 4.02. The predicted molar refractivity (Wildman–Crippen MR) is 97.4 cm³/mol. The first-order valence-electron chi connectivity index (χ1n) is 7.71. The van der Waals surface area contributed by atoms with E-state index in [4.69, 9.17) is 0 Å². The minimum Gasteiger partial charge on any atom is -0.357 e. The largest absolute Gasteiger partial charge is 0.357 e. The van der Waals surface area contributed by atoms with Gasteiger partial charge < -0.3 is 4.90 Å². The number of allylic oxidation sites excluding steroid dienone is 5. The highest BCUT2D eigenvalue weighted by molar-refractivity contribution is 9.11. The Morgan fingerprint density at radius 2 is 2.05 bits per heavy atom. The highest BCUT2D eigenvalue weighted by atomic mass is 79.9. The second-order valence-electron chi connectivity index (χ2n) is 5.96. The zero-order chi connectivity index (χ0) is 15.1. The number of nitrogens with zero attached hydrogens (tertiary/aromatic N) is 1. The van der Waals surface area contributed by atoms with Crippen LogP contribution in [0.25, 0.3) is 0 Å². The highest BCUT2D eigenvalue weighted by Crippen LogP contribution is 2.46. The lowest BCUT2D eigenvalue weighted by Gasteiger charge is -2.35. The van der Waals surface area contributed by atoms with Gasteiger partial charge in [0.1, 0.15) is 0 Å². The van der Waals surface area contributed by atoms with Crippen LogP contribution >= 0.6 is 15.9 Å². The number of hydrogen-bond donors (Lipinski definition) is 0. The van der Waals surface area contributed by atoms with Gasteiger partial charge in [-0.3, -0.25) is 0 Å². The molecule has 2 heteroatoms. The summed E-state index contributed by atoms with van der Waals surface area (Å²) in [6.45, 7) is 3.86. The maximum Gasteiger partial charge on any atom is 0.0587 e. The third-order valence-corrected chi connectivity index (χ3v) is 5.28. The smallest absolute Gasteiger partial charge is 0.0587 e. The Hall–Kier alpha value is -1.80. The van der Waals surface area contributed by atoms with Gasteiger partial charge in [-0.25, -0.2) is 0 Å². The van der Waals surface area contributed by atoms with Crippen LogP contribution in [0.15, 0.2) is 83.4 Å². The molecule has 4 rings (SSSR count). The summed E-state index contributed by atoms with van der Waals surface area (Å²) in [6.07, 6.45) is 16.6. The van der Waals surface area contributed by atoms with E-state index in [1.54, 1.807) is 0 Å². The number of rotatable bonds is 2. The number of para-hydroxylation sites is 1. The molecule has 110 valence electrons. The van der Waals surface area contributed by atoms with Gasteiger partial charge in [-0.15, -0.1) is 0 Å². The van der Waals surface area contributed by atoms with Crippen molar-refractivity contribution in [2.45, 2.75) is 24.4 Å². The number of halogens is 1. The van der Waals surface area contributed by atoms with Crippen molar-refractivity contribution in [3.63, 3.8) is 0 Å². The van der Waals surface area contributed by atoms with Gasteiger partial charge in [-0.05, 0) is 23.6 Å². The van der Waals surface area contributed by atoms with Crippen LogP contribution in [-0.4, -0.2) is 12.1 Å². The van der Waals surface area contributed by atoms with Crippen LogP contribution in [0.4, 0.5) is 5.69 Å². The molecule has 0 saturated carbocycles. The summed E-state index contributed by atoms with van der Waals surface area (Å²) in [5, 5.41) is 0. The maximum atomic E-state index is 3.86. The highest BCUT2D eigenvalue weighted by Gasteiger charge is 2.39. The van der Waals surface area contributed by atoms with Crippen molar-refractivity contribution in [1.29, 1.82) is 0 Å². The Balaban J connectivity index is 1.74. The van der Waals surface area contributed by atoms with E-state index in [0.29, 0.717) is 18.0 Å². The van der Waals surface area contributed by atoms with E-state index in [0.717, 1.165) is 6.42 Å². The monoisotopic (exact) mass is 351 g/mol. The first-order chi connectivity index (χ1) is 10.8. The zero-order valence-corrected chi connectivity index (χ0v) is 13.9. The number of benzene rings is 1. The van der Waals surface area contributed by atoms with E-state index in [-0.39, 0.29) is 0 Å². The van der Waals surface area contributed by atoms with Crippen molar-refractivity contribution >= 4 is 21.6 Å². The van der Waals surface area contributed by atoms with Crippen LogP contribution in [0, 0.1) is 0 Å². The van der Waals surface area contributed by atoms with Crippen LogP contribution in [0.5, 0.6) is 0 Å². The molecule has 0 bridgehead atoms. The molecular weight excluding hydrogens is 334 g/mol. The molecule has 0 radical (unpaired) electrons. The standard InChI is InChI=1S/C20H18BrN/c1-2-14-7-10-16(11-8-14)22-19-6-4-3-5-17(19)18-13-15(21)9-12-20(18)22/h2-10,12-13,16,18,20H,1,11H2. The van der Waals surface area contributed by atoms with Crippen molar-refractivity contribution in [2.75, 3.05) is 4.90 Å². The van der Waals surface area contributed by atoms with Gasteiger partial charge in [0.15, 0.2) is 0 Å². The molecule has 1 aromatic carbocycles. The number of fused-ring (bicyclic) bond motifs is 3. The number of hydrogen-bond acceptors (Lipinski definition) is 1. The van der Waals surface area contributed by atoms with Crippen molar-refractivity contribution in [1.82, 2.24) is 0 Å². The molecule has 22 heavy (non-hydrogen) atoms. The summed E-state index contributed by atoms with van der Waals surface area (Å²) >= 11 is 3.63. The van der Waals surface area contributed by atoms with Gasteiger partial charge in [-0.2, -0.15) is 0 Å². The van der Waals surface area contributed by atoms with Crippen molar-refractivity contribution in [2.24, 2.45) is 0 Å². The predicted octanol–water partition coefficient (Wildman–Crippen LogP) is 5.25. The fourth-order valence-electron chi connectivity index (χ4n) is 3.72. The van der Waals surface area contributed by atoms with E-state index in [2.05, 4.69) is 88.1 Å². The fraction of sp³-hybridized carbons (Fsp3) is 0.200. The molecule has 1 aliphatic heterocycles. The van der Waals surface area contributed by atoms with Crippen LogP contribution in [0.3, 0.4) is 0 Å². The van der Waals surface area contributed by atoms with Crippen LogP contribution < -0.4 is 4.90 Å². The average Bonchev–Trinajstić information content (AvgIpc) is 2.89. The third kappa shape index (κ3) is 2.14. The summed E-state index contributed by atoms with van der Waals surface area (Å²) < 4.78 is 1.18. The second-order valence-corrected chi connectivity index (χ2v) is 6.88. The van der Waals surface area contributed by atoms with Gasteiger partial charge in [0, 0.05) is 16.1 Å². The van der Waals surface area contributed by atoms with E-state index < -0.39 is 0 Å². The van der Waals surface area contributed by atoms with Crippen LogP contribution in [0.2, 0.25) is 0 Å². The molecule has 0 aromatic heterocycles. The number of anilines is 1. The molecule has 3 atom stereocenters. The van der Waals surface area contributed by atoms with E-state index in [9.17, 15) is 0 Å². The van der Waals surface area contributed by atoms with Gasteiger partial charge in [0.05, 0.1) is 12.1 Å². The van der Waals surface area contributed by atoms with Gasteiger partial charge in [0.2, 0.25) is 0 Å². The van der Waals surface area contributed by atoms with E-state index in [1.807, 2.05) is 6.08 Å². The summed E-state index contributed by atoms with van der Waals surface area (Å²) in [4.78, 5) is 2.57. The Labute approximate surface area is 140 Å². The SMILES string of the molecule is C=CC1=CCC(N2c3ccccc3C3C=C(Br)C=CC32)C=C1. The molecule has 1 aromatic rings. The second kappa shape index (κ2) is 5.44. The molecule has 0 amide bonds. The molecule has 1 nitrogen and oxygen atoms in total. The van der Waals surface area contributed by atoms with Gasteiger partial charge >= 0.3 is 0 Å². The third-order valence-electron chi connectivity index (χ3n) is 4.75. The zero-order valence-electron chi connectivity index (χ0n) is 12.3. The Kier molecular flexibility index (Phi) is 3.42. The molecule has 0 saturated heterocycles. The normalized spacial score (nSPS) is 28.8. The molecule has 0 fully saturated rings. The molecule has 0 N–H and O–H groups in total. The molecular formula is C20H18BrN. The van der Waals surface area contributed by atoms with Crippen LogP contribution in [0.1, 0.15) is 17.9 Å². The Morgan fingerprint density at radius 1 is 1.18 bits per heavy atom. The maximum absolute atomic E-state index is 3.86. The molecule has 3 unspecified atom stereocenters. The Morgan fingerprint density at radius 3 is 2.82 bits per heavy atom. The lowest BCUT2D eigenvalue weighted by atomic mass is 9.91. The van der Waals surface area contributed by atoms with Crippen molar-refractivity contribution < 1.29 is 0 Å². The topological polar surface area (TPSA) is 3.24 Å². The quantitative estimate of drug-likeness (QED) is 0.703. The molecule has 0 spiro atoms. The Bertz CT molecular complexity index is 738. The molecule has 2 aliphatic carbocycles. The fourth-order valence-corrected chi connectivity index (χ4v) is 4.16. The van der Waals surface area contributed by atoms with Gasteiger partial charge in [0.25, 0.3) is 0 Å². The van der Waals surface area contributed by atoms with Gasteiger partial charge in [-0.1, -0.05) is 83.2 Å². The first-order valence-corrected chi connectivity index (χ1v) is 8.51. The van der Waals surface area contributed by atoms with Crippen LogP contribution in [-0.2, 0) is 0 Å². The lowest BCUT2D eigenvalue weighted by Crippen LogP contribution is -2.41. The van der Waals surface area contributed by atoms with Crippen molar-refractivity contribution in [3.05, 3.63) is 89.0 Å². The summed E-state index contributed by atoms with van der Waals surface area (Å²) in [7, 11) is 0. The summed E-state index contributed by atoms with van der Waals surface area (Å²) in [5.74, 6) is 0.439. The minimum absolute atomic E-state index is 0.409. The minimum atomic E-state index is 0.409. The molecule has 3 aliphatic rings. The average molecular weight is 352 g/mol.